The molecule has 31 heavy (non-hydrogen) atoms. The van der Waals surface area contributed by atoms with E-state index in [1.54, 1.807) is 19.2 Å². The molecule has 3 aromatic rings. The number of piperidine rings is 1. The van der Waals surface area contributed by atoms with Gasteiger partial charge in [-0.2, -0.15) is 5.26 Å². The quantitative estimate of drug-likeness (QED) is 0.576. The molecule has 6 nitrogen and oxygen atoms in total. The Hall–Kier alpha value is -2.75. The minimum absolute atomic E-state index is 0.108. The number of aryl methyl sites for hydroxylation is 2. The molecule has 1 saturated heterocycles. The van der Waals surface area contributed by atoms with Crippen LogP contribution in [0, 0.1) is 24.2 Å². The lowest BCUT2D eigenvalue weighted by molar-refractivity contribution is 0.404. The first-order chi connectivity index (χ1) is 14.8. The number of nitrogens with zero attached hydrogens (tertiary/aromatic N) is 4. The number of nitriles is 1. The predicted molar refractivity (Wildman–Crippen MR) is 126 cm³/mol. The Balaban J connectivity index is 1.68. The van der Waals surface area contributed by atoms with E-state index in [1.807, 2.05) is 25.1 Å². The first-order valence-electron chi connectivity index (χ1n) is 10.2. The molecule has 0 radical (unpaired) electrons. The van der Waals surface area contributed by atoms with E-state index in [0.29, 0.717) is 35.0 Å². The molecule has 0 spiro atoms. The van der Waals surface area contributed by atoms with Crippen LogP contribution in [-0.2, 0) is 7.05 Å². The van der Waals surface area contributed by atoms with Gasteiger partial charge in [0, 0.05) is 36.9 Å². The molecular weight excluding hydrogens is 433 g/mol. The van der Waals surface area contributed by atoms with Crippen molar-refractivity contribution in [1.82, 2.24) is 9.55 Å². The lowest BCUT2D eigenvalue weighted by Gasteiger charge is -2.39. The SMILES string of the molecule is Cc1cc(Cl)ccc1N[C@H]1CCN(c2c(C#N)c(=O)n(C)c3ccc(Cl)nc23)C[C@H]1C. The van der Waals surface area contributed by atoms with Crippen molar-refractivity contribution in [2.24, 2.45) is 13.0 Å². The maximum atomic E-state index is 12.8. The third-order valence-electron chi connectivity index (χ3n) is 6.04. The summed E-state index contributed by atoms with van der Waals surface area (Å²) >= 11 is 12.2. The summed E-state index contributed by atoms with van der Waals surface area (Å²) in [4.78, 5) is 19.4. The number of aromatic nitrogens is 2. The Morgan fingerprint density at radius 3 is 2.71 bits per heavy atom. The van der Waals surface area contributed by atoms with Crippen LogP contribution >= 0.6 is 23.2 Å². The highest BCUT2D eigenvalue weighted by molar-refractivity contribution is 6.30. The van der Waals surface area contributed by atoms with Gasteiger partial charge in [-0.1, -0.05) is 30.1 Å². The average Bonchev–Trinajstić information content (AvgIpc) is 2.73. The van der Waals surface area contributed by atoms with Crippen LogP contribution in [0.1, 0.15) is 24.5 Å². The third kappa shape index (κ3) is 3.96. The number of halogens is 2. The molecule has 0 unspecified atom stereocenters. The standard InChI is InChI=1S/C23H23Cl2N5O/c1-13-10-15(24)4-5-17(13)27-18-8-9-30(12-14(18)2)22-16(11-26)23(31)29(3)19-6-7-20(25)28-21(19)22/h4-7,10,14,18,27H,8-9,12H2,1-3H3/t14-,18+/m1/s1. The maximum Gasteiger partial charge on any atom is 0.270 e. The topological polar surface area (TPSA) is 74.0 Å². The van der Waals surface area contributed by atoms with Crippen LogP contribution < -0.4 is 15.8 Å². The van der Waals surface area contributed by atoms with Crippen LogP contribution in [0.3, 0.4) is 0 Å². The van der Waals surface area contributed by atoms with Gasteiger partial charge in [0.25, 0.3) is 5.56 Å². The molecule has 0 aliphatic carbocycles. The van der Waals surface area contributed by atoms with E-state index >= 15 is 0 Å². The van der Waals surface area contributed by atoms with Gasteiger partial charge in [0.05, 0.1) is 11.2 Å². The molecule has 8 heteroatoms. The molecule has 160 valence electrons. The minimum Gasteiger partial charge on any atom is -0.382 e. The first kappa shape index (κ1) is 21.5. The van der Waals surface area contributed by atoms with E-state index in [1.165, 1.54) is 4.57 Å². The summed E-state index contributed by atoms with van der Waals surface area (Å²) in [5.41, 5.74) is 3.78. The summed E-state index contributed by atoms with van der Waals surface area (Å²) in [5, 5.41) is 14.5. The van der Waals surface area contributed by atoms with E-state index in [2.05, 4.69) is 28.2 Å². The lowest BCUT2D eigenvalue weighted by atomic mass is 9.92. The highest BCUT2D eigenvalue weighted by atomic mass is 35.5. The monoisotopic (exact) mass is 455 g/mol. The van der Waals surface area contributed by atoms with Crippen molar-refractivity contribution in [1.29, 1.82) is 5.26 Å². The van der Waals surface area contributed by atoms with Gasteiger partial charge in [0.2, 0.25) is 0 Å². The predicted octanol–water partition coefficient (Wildman–Crippen LogP) is 4.75. The number of hydrogen-bond donors (Lipinski definition) is 1. The second-order valence-corrected chi connectivity index (χ2v) is 8.95. The normalized spacial score (nSPS) is 18.8. The minimum atomic E-state index is -0.321. The second-order valence-electron chi connectivity index (χ2n) is 8.12. The van der Waals surface area contributed by atoms with E-state index in [0.717, 1.165) is 22.7 Å². The van der Waals surface area contributed by atoms with Gasteiger partial charge >= 0.3 is 0 Å². The van der Waals surface area contributed by atoms with Crippen molar-refractivity contribution in [3.8, 4) is 6.07 Å². The maximum absolute atomic E-state index is 12.8. The molecule has 0 bridgehead atoms. The number of hydrogen-bond acceptors (Lipinski definition) is 5. The van der Waals surface area contributed by atoms with E-state index in [9.17, 15) is 10.1 Å². The summed E-state index contributed by atoms with van der Waals surface area (Å²) in [5.74, 6) is 0.272. The fourth-order valence-corrected chi connectivity index (χ4v) is 4.70. The van der Waals surface area contributed by atoms with Gasteiger partial charge in [-0.25, -0.2) is 4.98 Å². The second kappa shape index (κ2) is 8.41. The van der Waals surface area contributed by atoms with Gasteiger partial charge in [0.15, 0.2) is 0 Å². The smallest absolute Gasteiger partial charge is 0.270 e. The summed E-state index contributed by atoms with van der Waals surface area (Å²) in [6, 6.07) is 11.6. The average molecular weight is 456 g/mol. The van der Waals surface area contributed by atoms with Gasteiger partial charge in [-0.3, -0.25) is 4.79 Å². The number of pyridine rings is 2. The van der Waals surface area contributed by atoms with E-state index in [-0.39, 0.29) is 23.1 Å². The van der Waals surface area contributed by atoms with Gasteiger partial charge in [-0.15, -0.1) is 0 Å². The van der Waals surface area contributed by atoms with Crippen molar-refractivity contribution in [3.05, 3.63) is 62.0 Å². The van der Waals surface area contributed by atoms with Crippen LogP contribution in [0.15, 0.2) is 35.1 Å². The van der Waals surface area contributed by atoms with Crippen LogP contribution in [0.4, 0.5) is 11.4 Å². The highest BCUT2D eigenvalue weighted by Crippen LogP contribution is 2.33. The largest absolute Gasteiger partial charge is 0.382 e. The summed E-state index contributed by atoms with van der Waals surface area (Å²) in [7, 11) is 1.65. The molecule has 0 saturated carbocycles. The Morgan fingerprint density at radius 1 is 1.26 bits per heavy atom. The summed E-state index contributed by atoms with van der Waals surface area (Å²) in [6.07, 6.45) is 0.853. The number of nitrogens with one attached hydrogen (secondary N) is 1. The van der Waals surface area contributed by atoms with Gasteiger partial charge in [0.1, 0.15) is 22.3 Å². The highest BCUT2D eigenvalue weighted by Gasteiger charge is 2.30. The fraction of sp³-hybridized carbons (Fsp3) is 0.348. The zero-order valence-corrected chi connectivity index (χ0v) is 19.1. The van der Waals surface area contributed by atoms with Crippen LogP contribution in [0.2, 0.25) is 10.2 Å². The zero-order valence-electron chi connectivity index (χ0n) is 17.6. The molecule has 3 heterocycles. The molecule has 2 aromatic heterocycles. The molecule has 1 aliphatic rings. The Labute approximate surface area is 191 Å². The lowest BCUT2D eigenvalue weighted by Crippen LogP contribution is -2.46. The number of anilines is 2. The number of rotatable bonds is 3. The van der Waals surface area contributed by atoms with Gasteiger partial charge < -0.3 is 14.8 Å². The van der Waals surface area contributed by atoms with Crippen LogP contribution in [0.5, 0.6) is 0 Å². The van der Waals surface area contributed by atoms with Crippen molar-refractivity contribution >= 4 is 45.6 Å². The van der Waals surface area contributed by atoms with Crippen molar-refractivity contribution in [2.75, 3.05) is 23.3 Å². The zero-order chi connectivity index (χ0) is 22.3. The Morgan fingerprint density at radius 2 is 2.03 bits per heavy atom. The molecule has 1 fully saturated rings. The molecular formula is C23H23Cl2N5O. The fourth-order valence-electron chi connectivity index (χ4n) is 4.33. The molecule has 1 aromatic carbocycles. The van der Waals surface area contributed by atoms with E-state index in [4.69, 9.17) is 23.2 Å². The number of benzene rings is 1. The molecule has 1 aliphatic heterocycles. The van der Waals surface area contributed by atoms with Crippen molar-refractivity contribution < 1.29 is 0 Å². The molecule has 2 atom stereocenters. The summed E-state index contributed by atoms with van der Waals surface area (Å²) < 4.78 is 1.46. The number of fused-ring (bicyclic) bond motifs is 1. The molecule has 1 N–H and O–H groups in total. The van der Waals surface area contributed by atoms with Gasteiger partial charge in [-0.05, 0) is 55.2 Å². The van der Waals surface area contributed by atoms with Crippen molar-refractivity contribution in [3.63, 3.8) is 0 Å². The molecule has 4 rings (SSSR count). The van der Waals surface area contributed by atoms with Crippen LogP contribution in [-0.4, -0.2) is 28.7 Å². The van der Waals surface area contributed by atoms with Crippen LogP contribution in [0.25, 0.3) is 11.0 Å². The van der Waals surface area contributed by atoms with Crippen molar-refractivity contribution in [2.45, 2.75) is 26.3 Å². The Kier molecular flexibility index (Phi) is 5.83. The molecule has 0 amide bonds. The summed E-state index contributed by atoms with van der Waals surface area (Å²) in [6.45, 7) is 5.59. The first-order valence-corrected chi connectivity index (χ1v) is 10.9. The van der Waals surface area contributed by atoms with E-state index < -0.39 is 0 Å². The Bertz CT molecular complexity index is 1260. The third-order valence-corrected chi connectivity index (χ3v) is 6.49.